The summed E-state index contributed by atoms with van der Waals surface area (Å²) in [6.07, 6.45) is 6.46. The summed E-state index contributed by atoms with van der Waals surface area (Å²) in [5, 5.41) is 11.1. The van der Waals surface area contributed by atoms with Crippen LogP contribution in [0.3, 0.4) is 0 Å². The Balaban J connectivity index is 1.16. The van der Waals surface area contributed by atoms with E-state index in [2.05, 4.69) is 21.4 Å². The number of amides is 2. The van der Waals surface area contributed by atoms with Crippen molar-refractivity contribution in [2.45, 2.75) is 44.6 Å². The number of hydrogen-bond donors (Lipinski definition) is 2. The minimum absolute atomic E-state index is 0.216. The summed E-state index contributed by atoms with van der Waals surface area (Å²) >= 11 is 0. The number of carbonyl (C=O) groups is 2. The summed E-state index contributed by atoms with van der Waals surface area (Å²) in [5.41, 5.74) is 4.95. The molecule has 2 fully saturated rings. The van der Waals surface area contributed by atoms with Crippen molar-refractivity contribution in [1.29, 1.82) is 0 Å². The van der Waals surface area contributed by atoms with Crippen molar-refractivity contribution in [3.8, 4) is 0 Å². The molecule has 0 saturated carbocycles. The van der Waals surface area contributed by atoms with E-state index in [1.807, 2.05) is 30.3 Å². The van der Waals surface area contributed by atoms with Gasteiger partial charge in [-0.1, -0.05) is 24.3 Å². The van der Waals surface area contributed by atoms with E-state index in [0.717, 1.165) is 42.4 Å². The minimum atomic E-state index is -1.04. The van der Waals surface area contributed by atoms with Crippen LogP contribution in [-0.2, 0) is 20.9 Å². The number of hydroxylamine groups is 1. The second-order valence-corrected chi connectivity index (χ2v) is 9.49. The number of pyridine rings is 2. The van der Waals surface area contributed by atoms with Gasteiger partial charge < -0.3 is 9.84 Å². The van der Waals surface area contributed by atoms with Crippen molar-refractivity contribution in [1.82, 2.24) is 20.3 Å². The molecule has 0 aliphatic carbocycles. The largest absolute Gasteiger partial charge is 0.465 e. The van der Waals surface area contributed by atoms with Crippen LogP contribution in [0.1, 0.15) is 36.9 Å². The molecule has 1 unspecified atom stereocenters. The molecule has 0 radical (unpaired) electrons. The molecule has 2 saturated heterocycles. The summed E-state index contributed by atoms with van der Waals surface area (Å²) in [6, 6.07) is 15.3. The van der Waals surface area contributed by atoms with Crippen LogP contribution >= 0.6 is 0 Å². The molecule has 0 spiro atoms. The number of carbonyl (C=O) groups excluding carboxylic acids is 1. The van der Waals surface area contributed by atoms with Gasteiger partial charge in [-0.05, 0) is 55.2 Å². The van der Waals surface area contributed by atoms with Gasteiger partial charge in [0.05, 0.1) is 17.3 Å². The second-order valence-electron chi connectivity index (χ2n) is 9.49. The van der Waals surface area contributed by atoms with Crippen molar-refractivity contribution in [2.24, 2.45) is 0 Å². The number of carboxylic acid groups (broad SMARTS) is 1. The van der Waals surface area contributed by atoms with E-state index >= 15 is 0 Å². The summed E-state index contributed by atoms with van der Waals surface area (Å²) < 4.78 is 5.41. The summed E-state index contributed by atoms with van der Waals surface area (Å²) in [7, 11) is 0. The normalized spacial score (nSPS) is 20.1. The predicted molar refractivity (Wildman–Crippen MR) is 142 cm³/mol. The van der Waals surface area contributed by atoms with Gasteiger partial charge in [0, 0.05) is 50.3 Å². The number of nitrogens with zero attached hydrogens (tertiary/aromatic N) is 4. The Bertz CT molecular complexity index is 1290. The SMILES string of the molecule is O=C(C=Cc1ccc(N(C(=O)O)[C@@H]2CCN(Cc3ccc4ccccc4n3)C2)nc1)NOC1CCCCO1. The maximum Gasteiger partial charge on any atom is 0.413 e. The zero-order valence-electron chi connectivity index (χ0n) is 21.0. The quantitative estimate of drug-likeness (QED) is 0.341. The lowest BCUT2D eigenvalue weighted by Gasteiger charge is -2.25. The first-order chi connectivity index (χ1) is 18.5. The standard InChI is InChI=1S/C28H31N5O5/c34-26(31-38-27-7-3-4-16-37-27)13-9-20-8-12-25(29-17-20)33(28(35)36)23-14-15-32(19-23)18-22-11-10-21-5-1-2-6-24(21)30-22/h1-2,5-6,8-13,17,23,27H,3-4,7,14-16,18-19H2,(H,31,34)(H,35,36)/t23-,27?/m1/s1. The van der Waals surface area contributed by atoms with Crippen LogP contribution in [0.15, 0.2) is 60.8 Å². The van der Waals surface area contributed by atoms with E-state index < -0.39 is 18.3 Å². The number of benzene rings is 1. The third-order valence-corrected chi connectivity index (χ3v) is 6.73. The monoisotopic (exact) mass is 517 g/mol. The second kappa shape index (κ2) is 12.1. The van der Waals surface area contributed by atoms with Gasteiger partial charge in [-0.15, -0.1) is 0 Å². The van der Waals surface area contributed by atoms with Gasteiger partial charge >= 0.3 is 6.09 Å². The van der Waals surface area contributed by atoms with E-state index in [1.54, 1.807) is 24.4 Å². The first-order valence-corrected chi connectivity index (χ1v) is 12.9. The first-order valence-electron chi connectivity index (χ1n) is 12.9. The molecule has 10 heteroatoms. The van der Waals surface area contributed by atoms with Crippen LogP contribution in [0.5, 0.6) is 0 Å². The van der Waals surface area contributed by atoms with Gasteiger partial charge in [-0.2, -0.15) is 0 Å². The number of anilines is 1. The lowest BCUT2D eigenvalue weighted by Crippen LogP contribution is -2.41. The number of para-hydroxylation sites is 1. The zero-order valence-corrected chi connectivity index (χ0v) is 21.0. The molecule has 2 aliphatic rings. The van der Waals surface area contributed by atoms with Crippen LogP contribution in [-0.4, -0.2) is 64.0 Å². The molecule has 10 nitrogen and oxygen atoms in total. The Labute approximate surface area is 220 Å². The van der Waals surface area contributed by atoms with Crippen LogP contribution in [0, 0.1) is 0 Å². The number of rotatable bonds is 8. The molecule has 0 bridgehead atoms. The van der Waals surface area contributed by atoms with E-state index in [0.29, 0.717) is 37.5 Å². The predicted octanol–water partition coefficient (Wildman–Crippen LogP) is 3.98. The van der Waals surface area contributed by atoms with Crippen molar-refractivity contribution in [3.63, 3.8) is 0 Å². The van der Waals surface area contributed by atoms with Gasteiger partial charge in [-0.25, -0.2) is 20.1 Å². The average Bonchev–Trinajstić information content (AvgIpc) is 3.39. The maximum absolute atomic E-state index is 12.2. The Morgan fingerprint density at radius 3 is 2.84 bits per heavy atom. The molecule has 4 heterocycles. The highest BCUT2D eigenvalue weighted by Gasteiger charge is 2.32. The fourth-order valence-corrected chi connectivity index (χ4v) is 4.81. The first kappa shape index (κ1) is 25.8. The molecule has 2 aromatic heterocycles. The number of fused-ring (bicyclic) bond motifs is 1. The maximum atomic E-state index is 12.2. The van der Waals surface area contributed by atoms with Gasteiger partial charge in [0.15, 0.2) is 6.29 Å². The summed E-state index contributed by atoms with van der Waals surface area (Å²) in [5.74, 6) is -0.0603. The molecule has 1 aromatic carbocycles. The fourth-order valence-electron chi connectivity index (χ4n) is 4.81. The smallest absolute Gasteiger partial charge is 0.413 e. The average molecular weight is 518 g/mol. The lowest BCUT2D eigenvalue weighted by atomic mass is 10.2. The number of nitrogens with one attached hydrogen (secondary N) is 1. The highest BCUT2D eigenvalue weighted by Crippen LogP contribution is 2.24. The van der Waals surface area contributed by atoms with Crippen LogP contribution in [0.2, 0.25) is 0 Å². The van der Waals surface area contributed by atoms with Gasteiger partial charge in [-0.3, -0.25) is 19.6 Å². The van der Waals surface area contributed by atoms with Crippen LogP contribution in [0.25, 0.3) is 17.0 Å². The van der Waals surface area contributed by atoms with Gasteiger partial charge in [0.25, 0.3) is 5.91 Å². The minimum Gasteiger partial charge on any atom is -0.465 e. The Hall–Kier alpha value is -3.86. The molecule has 3 aromatic rings. The zero-order chi connectivity index (χ0) is 26.3. The highest BCUT2D eigenvalue weighted by atomic mass is 16.8. The third kappa shape index (κ3) is 6.52. The Kier molecular flexibility index (Phi) is 8.22. The van der Waals surface area contributed by atoms with E-state index in [9.17, 15) is 14.7 Å². The van der Waals surface area contributed by atoms with Gasteiger partial charge in [0.1, 0.15) is 5.82 Å². The number of aromatic nitrogens is 2. The molecule has 5 rings (SSSR count). The Morgan fingerprint density at radius 2 is 2.05 bits per heavy atom. The number of likely N-dealkylation sites (tertiary alicyclic amines) is 1. The molecule has 2 aliphatic heterocycles. The third-order valence-electron chi connectivity index (χ3n) is 6.73. The molecule has 198 valence electrons. The summed E-state index contributed by atoms with van der Waals surface area (Å²) in [6.45, 7) is 2.65. The van der Waals surface area contributed by atoms with Crippen LogP contribution in [0.4, 0.5) is 10.6 Å². The van der Waals surface area contributed by atoms with Crippen LogP contribution < -0.4 is 10.4 Å². The molecule has 2 N–H and O–H groups in total. The van der Waals surface area contributed by atoms with Crippen molar-refractivity contribution in [3.05, 3.63) is 72.1 Å². The van der Waals surface area contributed by atoms with Gasteiger partial charge in [0.2, 0.25) is 0 Å². The fraction of sp³-hybridized carbons (Fsp3) is 0.357. The Morgan fingerprint density at radius 1 is 1.16 bits per heavy atom. The lowest BCUT2D eigenvalue weighted by molar-refractivity contribution is -0.198. The molecule has 2 amide bonds. The molecular weight excluding hydrogens is 486 g/mol. The molecule has 2 atom stereocenters. The van der Waals surface area contributed by atoms with Crippen molar-refractivity contribution >= 4 is 34.8 Å². The topological polar surface area (TPSA) is 117 Å². The highest BCUT2D eigenvalue weighted by molar-refractivity contribution is 5.91. The molecular formula is C28H31N5O5. The van der Waals surface area contributed by atoms with E-state index in [4.69, 9.17) is 14.6 Å². The number of hydrogen-bond acceptors (Lipinski definition) is 7. The van der Waals surface area contributed by atoms with Crippen molar-refractivity contribution in [2.75, 3.05) is 24.6 Å². The van der Waals surface area contributed by atoms with Crippen molar-refractivity contribution < 1.29 is 24.3 Å². The number of ether oxygens (including phenoxy) is 1. The van der Waals surface area contributed by atoms with E-state index in [1.165, 1.54) is 11.0 Å². The van der Waals surface area contributed by atoms with E-state index in [-0.39, 0.29) is 6.04 Å². The summed E-state index contributed by atoms with van der Waals surface area (Å²) in [4.78, 5) is 42.1. The molecule has 38 heavy (non-hydrogen) atoms.